The van der Waals surface area contributed by atoms with Crippen LogP contribution in [0.2, 0.25) is 0 Å². The highest BCUT2D eigenvalue weighted by atomic mass is 19.1. The van der Waals surface area contributed by atoms with Gasteiger partial charge in [0, 0.05) is 12.4 Å². The van der Waals surface area contributed by atoms with Crippen LogP contribution in [0.3, 0.4) is 0 Å². The summed E-state index contributed by atoms with van der Waals surface area (Å²) in [5, 5.41) is 0. The number of rotatable bonds is 2. The number of hydrogen-bond acceptors (Lipinski definition) is 2. The molecule has 1 aromatic heterocycles. The average Bonchev–Trinajstić information content (AvgIpc) is 2.04. The molecule has 11 heavy (non-hydrogen) atoms. The molecule has 0 fully saturated rings. The van der Waals surface area contributed by atoms with Gasteiger partial charge in [0.2, 0.25) is 0 Å². The molecule has 1 rings (SSSR count). The Balaban J connectivity index is 3.12. The lowest BCUT2D eigenvalue weighted by Gasteiger charge is -1.98. The highest BCUT2D eigenvalue weighted by Gasteiger charge is 2.05. The normalized spacial score (nSPS) is 9.55. The first-order chi connectivity index (χ1) is 5.25. The summed E-state index contributed by atoms with van der Waals surface area (Å²) in [7, 11) is 0. The minimum Gasteiger partial charge on any atom is -0.366 e. The first-order valence-corrected chi connectivity index (χ1v) is 3.04. The van der Waals surface area contributed by atoms with Crippen molar-refractivity contribution in [3.8, 4) is 0 Å². The quantitative estimate of drug-likeness (QED) is 0.679. The molecule has 0 saturated heterocycles. The molecule has 1 heterocycles. The van der Waals surface area contributed by atoms with Crippen molar-refractivity contribution >= 4 is 5.91 Å². The van der Waals surface area contributed by atoms with Gasteiger partial charge in [-0.05, 0) is 11.6 Å². The third-order valence-corrected chi connectivity index (χ3v) is 1.32. The third kappa shape index (κ3) is 1.52. The van der Waals surface area contributed by atoms with Gasteiger partial charge in [-0.2, -0.15) is 0 Å². The molecule has 1 aromatic rings. The van der Waals surface area contributed by atoms with Gasteiger partial charge in [-0.15, -0.1) is 0 Å². The first kappa shape index (κ1) is 7.65. The van der Waals surface area contributed by atoms with E-state index in [0.717, 1.165) is 0 Å². The number of carbonyl (C=O) groups is 1. The van der Waals surface area contributed by atoms with Crippen molar-refractivity contribution in [3.05, 3.63) is 29.6 Å². The molecule has 58 valence electrons. The predicted molar refractivity (Wildman–Crippen MR) is 37.6 cm³/mol. The van der Waals surface area contributed by atoms with E-state index in [9.17, 15) is 9.18 Å². The number of aromatic nitrogens is 1. The van der Waals surface area contributed by atoms with Crippen LogP contribution in [0, 0.1) is 0 Å². The third-order valence-electron chi connectivity index (χ3n) is 1.32. The topological polar surface area (TPSA) is 56.0 Å². The second kappa shape index (κ2) is 3.09. The van der Waals surface area contributed by atoms with Gasteiger partial charge in [-0.3, -0.25) is 9.78 Å². The van der Waals surface area contributed by atoms with E-state index in [-0.39, 0.29) is 11.1 Å². The summed E-state index contributed by atoms with van der Waals surface area (Å²) in [6.45, 7) is -0.694. The van der Waals surface area contributed by atoms with Crippen LogP contribution in [0.25, 0.3) is 0 Å². The van der Waals surface area contributed by atoms with Crippen molar-refractivity contribution in [2.24, 2.45) is 5.73 Å². The van der Waals surface area contributed by atoms with Crippen LogP contribution in [0.5, 0.6) is 0 Å². The molecule has 0 unspecified atom stereocenters. The lowest BCUT2D eigenvalue weighted by atomic mass is 10.1. The molecule has 2 N–H and O–H groups in total. The largest absolute Gasteiger partial charge is 0.366 e. The van der Waals surface area contributed by atoms with Gasteiger partial charge in [0.05, 0.1) is 5.56 Å². The van der Waals surface area contributed by atoms with Crippen LogP contribution < -0.4 is 5.73 Å². The fourth-order valence-electron chi connectivity index (χ4n) is 0.762. The second-order valence-corrected chi connectivity index (χ2v) is 2.03. The highest BCUT2D eigenvalue weighted by Crippen LogP contribution is 2.06. The fraction of sp³-hybridized carbons (Fsp3) is 0.143. The number of amides is 1. The monoisotopic (exact) mass is 154 g/mol. The smallest absolute Gasteiger partial charge is 0.250 e. The van der Waals surface area contributed by atoms with E-state index in [1.54, 1.807) is 0 Å². The molecule has 0 spiro atoms. The molecule has 0 aliphatic rings. The lowest BCUT2D eigenvalue weighted by Crippen LogP contribution is -2.13. The zero-order valence-electron chi connectivity index (χ0n) is 5.75. The van der Waals surface area contributed by atoms with Crippen molar-refractivity contribution in [2.75, 3.05) is 0 Å². The van der Waals surface area contributed by atoms with Crippen molar-refractivity contribution in [2.45, 2.75) is 6.67 Å². The molecule has 0 saturated carbocycles. The van der Waals surface area contributed by atoms with Crippen molar-refractivity contribution in [1.82, 2.24) is 4.98 Å². The summed E-state index contributed by atoms with van der Waals surface area (Å²) in [4.78, 5) is 14.2. The molecule has 3 nitrogen and oxygen atoms in total. The van der Waals surface area contributed by atoms with Gasteiger partial charge in [-0.25, -0.2) is 4.39 Å². The number of carbonyl (C=O) groups excluding carboxylic acids is 1. The zero-order chi connectivity index (χ0) is 8.27. The SMILES string of the molecule is NC(=O)c1cnccc1CF. The first-order valence-electron chi connectivity index (χ1n) is 3.04. The van der Waals surface area contributed by atoms with E-state index in [4.69, 9.17) is 5.73 Å². The molecular formula is C7H7FN2O. The van der Waals surface area contributed by atoms with Crippen LogP contribution in [0.1, 0.15) is 15.9 Å². The molecule has 0 aromatic carbocycles. The number of nitrogens with zero attached hydrogens (tertiary/aromatic N) is 1. The molecule has 4 heteroatoms. The van der Waals surface area contributed by atoms with Gasteiger partial charge in [0.1, 0.15) is 6.67 Å². The standard InChI is InChI=1S/C7H7FN2O/c8-3-5-1-2-10-4-6(5)7(9)11/h1-2,4H,3H2,(H2,9,11). The van der Waals surface area contributed by atoms with Crippen LogP contribution in [-0.2, 0) is 6.67 Å². The van der Waals surface area contributed by atoms with E-state index in [1.165, 1.54) is 18.5 Å². The maximum absolute atomic E-state index is 12.1. The molecule has 1 amide bonds. The minimum absolute atomic E-state index is 0.148. The summed E-state index contributed by atoms with van der Waals surface area (Å²) in [5.74, 6) is -0.647. The minimum atomic E-state index is -0.694. The average molecular weight is 154 g/mol. The van der Waals surface area contributed by atoms with E-state index >= 15 is 0 Å². The maximum atomic E-state index is 12.1. The highest BCUT2D eigenvalue weighted by molar-refractivity contribution is 5.93. The molecule has 0 radical (unpaired) electrons. The number of primary amides is 1. The number of nitrogens with two attached hydrogens (primary N) is 1. The van der Waals surface area contributed by atoms with Crippen LogP contribution in [0.15, 0.2) is 18.5 Å². The summed E-state index contributed by atoms with van der Waals surface area (Å²) in [6, 6.07) is 1.43. The fourth-order valence-corrected chi connectivity index (χ4v) is 0.762. The number of alkyl halides is 1. The van der Waals surface area contributed by atoms with Gasteiger partial charge >= 0.3 is 0 Å². The van der Waals surface area contributed by atoms with Crippen LogP contribution in [0.4, 0.5) is 4.39 Å². The Hall–Kier alpha value is -1.45. The predicted octanol–water partition coefficient (Wildman–Crippen LogP) is 0.650. The molecular weight excluding hydrogens is 147 g/mol. The van der Waals surface area contributed by atoms with Crippen LogP contribution >= 0.6 is 0 Å². The molecule has 0 bridgehead atoms. The Morgan fingerprint density at radius 2 is 2.45 bits per heavy atom. The Bertz CT molecular complexity index is 275. The Kier molecular flexibility index (Phi) is 2.15. The Morgan fingerprint density at radius 3 is 2.91 bits per heavy atom. The van der Waals surface area contributed by atoms with Crippen LogP contribution in [-0.4, -0.2) is 10.9 Å². The van der Waals surface area contributed by atoms with Crippen molar-refractivity contribution < 1.29 is 9.18 Å². The molecule has 0 atom stereocenters. The zero-order valence-corrected chi connectivity index (χ0v) is 5.75. The Morgan fingerprint density at radius 1 is 1.73 bits per heavy atom. The Labute approximate surface area is 63.0 Å². The maximum Gasteiger partial charge on any atom is 0.250 e. The summed E-state index contributed by atoms with van der Waals surface area (Å²) < 4.78 is 12.1. The van der Waals surface area contributed by atoms with E-state index in [1.807, 2.05) is 0 Å². The molecule has 0 aliphatic carbocycles. The lowest BCUT2D eigenvalue weighted by molar-refractivity contribution is 0.0998. The second-order valence-electron chi connectivity index (χ2n) is 2.03. The summed E-state index contributed by atoms with van der Waals surface area (Å²) in [5.41, 5.74) is 5.38. The van der Waals surface area contributed by atoms with Gasteiger partial charge < -0.3 is 5.73 Å². The summed E-state index contributed by atoms with van der Waals surface area (Å²) >= 11 is 0. The summed E-state index contributed by atoms with van der Waals surface area (Å²) in [6.07, 6.45) is 2.68. The van der Waals surface area contributed by atoms with Crippen molar-refractivity contribution in [1.29, 1.82) is 0 Å². The number of hydrogen-bond donors (Lipinski definition) is 1. The van der Waals surface area contributed by atoms with Gasteiger partial charge in [0.15, 0.2) is 0 Å². The van der Waals surface area contributed by atoms with E-state index in [2.05, 4.69) is 4.98 Å². The van der Waals surface area contributed by atoms with Gasteiger partial charge in [0.25, 0.3) is 5.91 Å². The molecule has 0 aliphatic heterocycles. The number of pyridine rings is 1. The number of halogens is 1. The van der Waals surface area contributed by atoms with Gasteiger partial charge in [-0.1, -0.05) is 0 Å². The van der Waals surface area contributed by atoms with E-state index in [0.29, 0.717) is 0 Å². The van der Waals surface area contributed by atoms with E-state index < -0.39 is 12.6 Å². The van der Waals surface area contributed by atoms with Crippen molar-refractivity contribution in [3.63, 3.8) is 0 Å².